The number of fused-ring (bicyclic) bond motifs is 1. The zero-order chi connectivity index (χ0) is 11.9. The number of aliphatic carboxylic acids is 1. The van der Waals surface area contributed by atoms with Crippen molar-refractivity contribution in [2.45, 2.75) is 12.8 Å². The maximum absolute atomic E-state index is 13.3. The van der Waals surface area contributed by atoms with Gasteiger partial charge in [-0.1, -0.05) is 0 Å². The van der Waals surface area contributed by atoms with Gasteiger partial charge in [-0.2, -0.15) is 0 Å². The largest absolute Gasteiger partial charge is 0.481 e. The first-order valence-electron chi connectivity index (χ1n) is 4.60. The van der Waals surface area contributed by atoms with Crippen LogP contribution in [0.2, 0.25) is 0 Å². The topological polar surface area (TPSA) is 50.4 Å². The fraction of sp³-hybridized carbons (Fsp3) is 0.182. The van der Waals surface area contributed by atoms with Gasteiger partial charge in [-0.25, -0.2) is 8.78 Å². The Labute approximate surface area is 89.3 Å². The number of halogens is 2. The van der Waals surface area contributed by atoms with Crippen molar-refractivity contribution in [3.8, 4) is 0 Å². The number of rotatable bonds is 2. The second-order valence-corrected chi connectivity index (χ2v) is 3.51. The van der Waals surface area contributed by atoms with Crippen molar-refractivity contribution in [1.29, 1.82) is 0 Å². The SMILES string of the molecule is CC(C(=O)O)c1cc2c(F)cc(F)cc2o1. The van der Waals surface area contributed by atoms with Crippen molar-refractivity contribution in [2.75, 3.05) is 0 Å². The summed E-state index contributed by atoms with van der Waals surface area (Å²) in [5, 5.41) is 8.84. The van der Waals surface area contributed by atoms with Gasteiger partial charge in [-0.05, 0) is 13.0 Å². The molecule has 3 nitrogen and oxygen atoms in total. The third-order valence-electron chi connectivity index (χ3n) is 2.37. The van der Waals surface area contributed by atoms with E-state index >= 15 is 0 Å². The first-order valence-corrected chi connectivity index (χ1v) is 4.60. The summed E-state index contributed by atoms with van der Waals surface area (Å²) in [7, 11) is 0. The Morgan fingerprint density at radius 3 is 2.69 bits per heavy atom. The molecular formula is C11H8F2O3. The van der Waals surface area contributed by atoms with Gasteiger partial charge in [-0.3, -0.25) is 4.79 Å². The predicted molar refractivity (Wildman–Crippen MR) is 52.2 cm³/mol. The summed E-state index contributed by atoms with van der Waals surface area (Å²) in [6, 6.07) is 3.03. The third kappa shape index (κ3) is 1.64. The Hall–Kier alpha value is -1.91. The van der Waals surface area contributed by atoms with Gasteiger partial charge >= 0.3 is 5.97 Å². The number of benzene rings is 1. The summed E-state index contributed by atoms with van der Waals surface area (Å²) in [5.74, 6) is -3.39. The molecule has 0 amide bonds. The van der Waals surface area contributed by atoms with Gasteiger partial charge in [0, 0.05) is 12.1 Å². The number of carboxylic acid groups (broad SMARTS) is 1. The minimum atomic E-state index is -1.08. The standard InChI is InChI=1S/C11H8F2O3/c1-5(11(14)15)9-4-7-8(13)2-6(12)3-10(7)16-9/h2-5H,1H3,(H,14,15). The van der Waals surface area contributed by atoms with Crippen molar-refractivity contribution in [3.05, 3.63) is 35.6 Å². The van der Waals surface area contributed by atoms with E-state index in [0.29, 0.717) is 0 Å². The highest BCUT2D eigenvalue weighted by Gasteiger charge is 2.20. The van der Waals surface area contributed by atoms with E-state index in [4.69, 9.17) is 9.52 Å². The Morgan fingerprint density at radius 1 is 1.38 bits per heavy atom. The summed E-state index contributed by atoms with van der Waals surface area (Å²) < 4.78 is 31.2. The smallest absolute Gasteiger partial charge is 0.313 e. The fourth-order valence-electron chi connectivity index (χ4n) is 1.42. The molecule has 1 N–H and O–H groups in total. The van der Waals surface area contributed by atoms with Crippen molar-refractivity contribution in [3.63, 3.8) is 0 Å². The van der Waals surface area contributed by atoms with Crippen LogP contribution in [0.5, 0.6) is 0 Å². The van der Waals surface area contributed by atoms with Gasteiger partial charge in [-0.15, -0.1) is 0 Å². The van der Waals surface area contributed by atoms with Crippen LogP contribution in [0.1, 0.15) is 18.6 Å². The molecule has 0 spiro atoms. The zero-order valence-electron chi connectivity index (χ0n) is 8.33. The molecule has 1 aromatic carbocycles. The number of hydrogen-bond donors (Lipinski definition) is 1. The number of carbonyl (C=O) groups is 1. The van der Waals surface area contributed by atoms with Gasteiger partial charge in [0.15, 0.2) is 0 Å². The number of hydrogen-bond acceptors (Lipinski definition) is 2. The molecule has 1 atom stereocenters. The molecule has 0 saturated heterocycles. The van der Waals surface area contributed by atoms with E-state index in [1.807, 2.05) is 0 Å². The summed E-state index contributed by atoms with van der Waals surface area (Å²) in [5.41, 5.74) is 0.0144. The zero-order valence-corrected chi connectivity index (χ0v) is 8.33. The lowest BCUT2D eigenvalue weighted by atomic mass is 10.1. The van der Waals surface area contributed by atoms with E-state index in [-0.39, 0.29) is 16.7 Å². The van der Waals surface area contributed by atoms with E-state index in [1.54, 1.807) is 0 Å². The minimum absolute atomic E-state index is 0.0144. The minimum Gasteiger partial charge on any atom is -0.481 e. The Morgan fingerprint density at radius 2 is 2.06 bits per heavy atom. The highest BCUT2D eigenvalue weighted by Crippen LogP contribution is 2.27. The third-order valence-corrected chi connectivity index (χ3v) is 2.37. The molecule has 0 aliphatic heterocycles. The van der Waals surface area contributed by atoms with Crippen LogP contribution < -0.4 is 0 Å². The molecular weight excluding hydrogens is 218 g/mol. The average Bonchev–Trinajstić information content (AvgIpc) is 2.60. The van der Waals surface area contributed by atoms with Crippen molar-refractivity contribution >= 4 is 16.9 Å². The van der Waals surface area contributed by atoms with Crippen LogP contribution in [0.15, 0.2) is 22.6 Å². The van der Waals surface area contributed by atoms with E-state index in [2.05, 4.69) is 0 Å². The van der Waals surface area contributed by atoms with Gasteiger partial charge in [0.05, 0.1) is 5.39 Å². The molecule has 16 heavy (non-hydrogen) atoms. The number of carboxylic acids is 1. The quantitative estimate of drug-likeness (QED) is 0.856. The van der Waals surface area contributed by atoms with E-state index in [9.17, 15) is 13.6 Å². The molecule has 2 aromatic rings. The Bertz CT molecular complexity index is 560. The lowest BCUT2D eigenvalue weighted by Crippen LogP contribution is -2.05. The lowest BCUT2D eigenvalue weighted by molar-refractivity contribution is -0.138. The van der Waals surface area contributed by atoms with Gasteiger partial charge in [0.25, 0.3) is 0 Å². The molecule has 0 bridgehead atoms. The molecule has 0 fully saturated rings. The maximum Gasteiger partial charge on any atom is 0.313 e. The Balaban J connectivity index is 2.60. The summed E-state index contributed by atoms with van der Waals surface area (Å²) in [6.07, 6.45) is 0. The molecule has 1 unspecified atom stereocenters. The maximum atomic E-state index is 13.3. The van der Waals surface area contributed by atoms with Crippen LogP contribution in [0, 0.1) is 11.6 Å². The van der Waals surface area contributed by atoms with Crippen LogP contribution in [0.3, 0.4) is 0 Å². The first-order chi connectivity index (χ1) is 7.49. The molecule has 2 rings (SSSR count). The Kier molecular flexibility index (Phi) is 2.38. The van der Waals surface area contributed by atoms with Crippen LogP contribution >= 0.6 is 0 Å². The summed E-state index contributed by atoms with van der Waals surface area (Å²) in [4.78, 5) is 10.7. The molecule has 0 saturated carbocycles. The highest BCUT2D eigenvalue weighted by molar-refractivity contribution is 5.82. The molecule has 0 radical (unpaired) electrons. The van der Waals surface area contributed by atoms with Crippen molar-refractivity contribution < 1.29 is 23.1 Å². The molecule has 5 heteroatoms. The lowest BCUT2D eigenvalue weighted by Gasteiger charge is -1.99. The van der Waals surface area contributed by atoms with Gasteiger partial charge < -0.3 is 9.52 Å². The predicted octanol–water partition coefficient (Wildman–Crippen LogP) is 2.90. The van der Waals surface area contributed by atoms with Crippen LogP contribution in [-0.2, 0) is 4.79 Å². The van der Waals surface area contributed by atoms with Crippen LogP contribution in [0.25, 0.3) is 11.0 Å². The van der Waals surface area contributed by atoms with E-state index < -0.39 is 23.5 Å². The normalized spacial score (nSPS) is 12.9. The van der Waals surface area contributed by atoms with E-state index in [1.165, 1.54) is 13.0 Å². The highest BCUT2D eigenvalue weighted by atomic mass is 19.1. The fourth-order valence-corrected chi connectivity index (χ4v) is 1.42. The first kappa shape index (κ1) is 10.6. The van der Waals surface area contributed by atoms with Crippen molar-refractivity contribution in [2.24, 2.45) is 0 Å². The summed E-state index contributed by atoms with van der Waals surface area (Å²) in [6.45, 7) is 1.41. The van der Waals surface area contributed by atoms with Crippen molar-refractivity contribution in [1.82, 2.24) is 0 Å². The van der Waals surface area contributed by atoms with Crippen LogP contribution in [0.4, 0.5) is 8.78 Å². The summed E-state index contributed by atoms with van der Waals surface area (Å²) >= 11 is 0. The van der Waals surface area contributed by atoms with E-state index in [0.717, 1.165) is 12.1 Å². The second kappa shape index (κ2) is 3.59. The monoisotopic (exact) mass is 226 g/mol. The molecule has 1 aromatic heterocycles. The van der Waals surface area contributed by atoms with Gasteiger partial charge in [0.1, 0.15) is 28.9 Å². The van der Waals surface area contributed by atoms with Crippen LogP contribution in [-0.4, -0.2) is 11.1 Å². The molecule has 0 aliphatic rings. The van der Waals surface area contributed by atoms with Gasteiger partial charge in [0.2, 0.25) is 0 Å². The average molecular weight is 226 g/mol. The second-order valence-electron chi connectivity index (χ2n) is 3.51. The molecule has 1 heterocycles. The molecule has 84 valence electrons. The number of furan rings is 1. The molecule has 0 aliphatic carbocycles.